The fourth-order valence-electron chi connectivity index (χ4n) is 4.15. The van der Waals surface area contributed by atoms with Crippen LogP contribution in [-0.4, -0.2) is 48.1 Å². The van der Waals surface area contributed by atoms with Crippen molar-refractivity contribution in [3.8, 4) is 17.1 Å². The number of carbonyl (C=O) groups excluding carboxylic acids is 1. The number of ketones is 1. The minimum absolute atomic E-state index is 0.0891. The number of hydrogen-bond acceptors (Lipinski definition) is 9. The average molecular weight is 537 g/mol. The monoisotopic (exact) mass is 536 g/mol. The quantitative estimate of drug-likeness (QED) is 0.287. The number of aryl methyl sites for hydroxylation is 1. The van der Waals surface area contributed by atoms with Crippen molar-refractivity contribution >= 4 is 28.8 Å². The van der Waals surface area contributed by atoms with E-state index in [0.29, 0.717) is 39.9 Å². The second-order valence-electron chi connectivity index (χ2n) is 9.18. The Hall–Kier alpha value is -4.68. The van der Waals surface area contributed by atoms with Crippen molar-refractivity contribution in [3.05, 3.63) is 65.1 Å². The van der Waals surface area contributed by atoms with Crippen molar-refractivity contribution in [1.29, 1.82) is 0 Å². The van der Waals surface area contributed by atoms with Crippen LogP contribution in [-0.2, 0) is 13.6 Å². The standard InChI is InChI=1S/C26H26F2N8O3/c1-4-20(37)17-12-29-22(32-21-8-9-36(25(38)33-21)13-15-11-26(15,27)28)10-19(17)31-18-7-5-6-16(23(18)39-3)24-30-14-35(2)34-24/h5-10,12,14-15H,4,11,13H2,1-3H3,(H2,29,31,32,33,38)/t15-/m1/s1. The fourth-order valence-corrected chi connectivity index (χ4v) is 4.15. The molecule has 0 spiro atoms. The molecule has 39 heavy (non-hydrogen) atoms. The molecule has 11 nitrogen and oxygen atoms in total. The molecule has 3 aromatic heterocycles. The number of anilines is 4. The van der Waals surface area contributed by atoms with E-state index in [-0.39, 0.29) is 31.0 Å². The molecule has 1 atom stereocenters. The van der Waals surface area contributed by atoms with Gasteiger partial charge >= 0.3 is 5.69 Å². The Balaban J connectivity index is 1.44. The largest absolute Gasteiger partial charge is 0.494 e. The molecule has 202 valence electrons. The van der Waals surface area contributed by atoms with Gasteiger partial charge in [0.15, 0.2) is 17.4 Å². The fraction of sp³-hybridized carbons (Fsp3) is 0.308. The summed E-state index contributed by atoms with van der Waals surface area (Å²) in [7, 11) is 3.30. The van der Waals surface area contributed by atoms with Gasteiger partial charge in [-0.3, -0.25) is 14.0 Å². The third kappa shape index (κ3) is 5.47. The maximum Gasteiger partial charge on any atom is 0.349 e. The number of pyridine rings is 1. The molecule has 0 unspecified atom stereocenters. The van der Waals surface area contributed by atoms with Crippen LogP contribution in [0.5, 0.6) is 5.75 Å². The summed E-state index contributed by atoms with van der Waals surface area (Å²) in [5.74, 6) is -2.24. The topological polar surface area (TPSA) is 129 Å². The minimum Gasteiger partial charge on any atom is -0.494 e. The predicted octanol–water partition coefficient (Wildman–Crippen LogP) is 4.18. The Morgan fingerprint density at radius 1 is 1.18 bits per heavy atom. The molecule has 1 aliphatic rings. The zero-order valence-corrected chi connectivity index (χ0v) is 21.5. The molecule has 1 aliphatic carbocycles. The average Bonchev–Trinajstić information content (AvgIpc) is 3.28. The molecule has 1 saturated carbocycles. The Bertz CT molecular complexity index is 1600. The van der Waals surface area contributed by atoms with Crippen molar-refractivity contribution in [1.82, 2.24) is 29.3 Å². The number of nitrogens with one attached hydrogen (secondary N) is 2. The number of para-hydroxylation sites is 1. The minimum atomic E-state index is -2.72. The van der Waals surface area contributed by atoms with Gasteiger partial charge in [-0.2, -0.15) is 10.1 Å². The summed E-state index contributed by atoms with van der Waals surface area (Å²) in [6, 6.07) is 8.56. The molecule has 4 aromatic rings. The summed E-state index contributed by atoms with van der Waals surface area (Å²) >= 11 is 0. The lowest BCUT2D eigenvalue weighted by atomic mass is 10.1. The van der Waals surface area contributed by atoms with Gasteiger partial charge in [0.05, 0.1) is 29.6 Å². The Kier molecular flexibility index (Phi) is 6.81. The maximum atomic E-state index is 13.2. The summed E-state index contributed by atoms with van der Waals surface area (Å²) < 4.78 is 34.9. The number of nitrogens with zero attached hydrogens (tertiary/aromatic N) is 6. The van der Waals surface area contributed by atoms with E-state index in [1.54, 1.807) is 37.1 Å². The molecule has 0 bridgehead atoms. The molecule has 1 fully saturated rings. The molecule has 5 rings (SSSR count). The zero-order valence-electron chi connectivity index (χ0n) is 21.5. The van der Waals surface area contributed by atoms with Crippen LogP contribution in [0.3, 0.4) is 0 Å². The number of aromatic nitrogens is 6. The second kappa shape index (κ2) is 10.2. The molecule has 0 radical (unpaired) electrons. The van der Waals surface area contributed by atoms with E-state index in [0.717, 1.165) is 4.57 Å². The molecule has 0 saturated heterocycles. The van der Waals surface area contributed by atoms with Gasteiger partial charge in [0.1, 0.15) is 18.0 Å². The van der Waals surface area contributed by atoms with Crippen LogP contribution in [0, 0.1) is 5.92 Å². The molecule has 2 N–H and O–H groups in total. The lowest BCUT2D eigenvalue weighted by Gasteiger charge is -2.17. The Labute approximate surface area is 221 Å². The smallest absolute Gasteiger partial charge is 0.349 e. The number of ether oxygens (including phenoxy) is 1. The van der Waals surface area contributed by atoms with Crippen LogP contribution in [0.2, 0.25) is 0 Å². The van der Waals surface area contributed by atoms with Crippen molar-refractivity contribution in [2.75, 3.05) is 17.7 Å². The van der Waals surface area contributed by atoms with Crippen LogP contribution in [0.15, 0.2) is 53.8 Å². The Morgan fingerprint density at radius 3 is 2.62 bits per heavy atom. The SMILES string of the molecule is CCC(=O)c1cnc(Nc2ccn(C[C@H]3CC3(F)F)c(=O)n2)cc1Nc1cccc(-c2ncn(C)n2)c1OC. The van der Waals surface area contributed by atoms with Crippen LogP contribution in [0.4, 0.5) is 31.8 Å². The van der Waals surface area contributed by atoms with Crippen LogP contribution in [0.1, 0.15) is 30.1 Å². The third-order valence-electron chi connectivity index (χ3n) is 6.36. The number of alkyl halides is 2. The third-order valence-corrected chi connectivity index (χ3v) is 6.36. The van der Waals surface area contributed by atoms with Gasteiger partial charge in [0.25, 0.3) is 5.92 Å². The predicted molar refractivity (Wildman–Crippen MR) is 140 cm³/mol. The van der Waals surface area contributed by atoms with E-state index in [4.69, 9.17) is 4.74 Å². The maximum absolute atomic E-state index is 13.2. The number of Topliss-reactive ketones (excluding diaryl/α,β-unsaturated/α-hetero) is 1. The van der Waals surface area contributed by atoms with E-state index in [1.807, 2.05) is 12.1 Å². The van der Waals surface area contributed by atoms with Crippen LogP contribution < -0.4 is 21.1 Å². The lowest BCUT2D eigenvalue weighted by molar-refractivity contribution is 0.0946. The highest BCUT2D eigenvalue weighted by Gasteiger charge is 2.56. The number of hydrogen-bond donors (Lipinski definition) is 2. The van der Waals surface area contributed by atoms with E-state index < -0.39 is 17.5 Å². The van der Waals surface area contributed by atoms with E-state index in [2.05, 4.69) is 30.7 Å². The van der Waals surface area contributed by atoms with Crippen molar-refractivity contribution < 1.29 is 18.3 Å². The molecule has 0 aliphatic heterocycles. The Morgan fingerprint density at radius 2 is 1.97 bits per heavy atom. The molecular formula is C26H26F2N8O3. The highest BCUT2D eigenvalue weighted by Crippen LogP contribution is 2.49. The number of carbonyl (C=O) groups is 1. The summed E-state index contributed by atoms with van der Waals surface area (Å²) in [5.41, 5.74) is 1.40. The van der Waals surface area contributed by atoms with E-state index >= 15 is 0 Å². The molecule has 13 heteroatoms. The van der Waals surface area contributed by atoms with Crippen LogP contribution in [0.25, 0.3) is 11.4 Å². The van der Waals surface area contributed by atoms with Crippen molar-refractivity contribution in [2.24, 2.45) is 13.0 Å². The molecule has 1 aromatic carbocycles. The normalized spacial score (nSPS) is 15.6. The first-order valence-corrected chi connectivity index (χ1v) is 12.2. The van der Waals surface area contributed by atoms with E-state index in [9.17, 15) is 18.4 Å². The summed E-state index contributed by atoms with van der Waals surface area (Å²) in [4.78, 5) is 37.6. The van der Waals surface area contributed by atoms with Gasteiger partial charge in [-0.1, -0.05) is 13.0 Å². The zero-order chi connectivity index (χ0) is 27.7. The van der Waals surface area contributed by atoms with Crippen molar-refractivity contribution in [2.45, 2.75) is 32.2 Å². The number of methoxy groups -OCH3 is 1. The second-order valence-corrected chi connectivity index (χ2v) is 9.18. The summed E-state index contributed by atoms with van der Waals surface area (Å²) in [6.45, 7) is 1.66. The molecule has 3 heterocycles. The van der Waals surface area contributed by atoms with Gasteiger partial charge < -0.3 is 15.4 Å². The van der Waals surface area contributed by atoms with Gasteiger partial charge in [-0.05, 0) is 18.2 Å². The number of benzene rings is 1. The highest BCUT2D eigenvalue weighted by atomic mass is 19.3. The van der Waals surface area contributed by atoms with Crippen molar-refractivity contribution in [3.63, 3.8) is 0 Å². The highest BCUT2D eigenvalue weighted by molar-refractivity contribution is 6.02. The molecule has 0 amide bonds. The molecular weight excluding hydrogens is 510 g/mol. The first-order valence-electron chi connectivity index (χ1n) is 12.2. The van der Waals surface area contributed by atoms with Gasteiger partial charge in [0.2, 0.25) is 0 Å². The van der Waals surface area contributed by atoms with E-state index in [1.165, 1.54) is 25.6 Å². The van der Waals surface area contributed by atoms with Gasteiger partial charge in [-0.15, -0.1) is 0 Å². The number of halogens is 2. The summed E-state index contributed by atoms with van der Waals surface area (Å²) in [6.07, 6.45) is 4.47. The summed E-state index contributed by atoms with van der Waals surface area (Å²) in [5, 5.41) is 10.6. The van der Waals surface area contributed by atoms with Gasteiger partial charge in [-0.25, -0.2) is 23.5 Å². The van der Waals surface area contributed by atoms with Gasteiger partial charge in [0, 0.05) is 50.8 Å². The lowest BCUT2D eigenvalue weighted by Crippen LogP contribution is -2.24. The van der Waals surface area contributed by atoms with Crippen LogP contribution >= 0.6 is 0 Å². The first-order chi connectivity index (χ1) is 18.7. The number of rotatable bonds is 10. The first kappa shape index (κ1) is 25.9.